The number of benzene rings is 2. The molecule has 0 aliphatic carbocycles. The maximum atomic E-state index is 11.7. The molecule has 0 spiro atoms. The molecule has 0 saturated carbocycles. The Hall–Kier alpha value is -2.89. The number of primary sulfonamides is 1. The van der Waals surface area contributed by atoms with Gasteiger partial charge in [-0.05, 0) is 6.07 Å². The fourth-order valence-electron chi connectivity index (χ4n) is 2.20. The van der Waals surface area contributed by atoms with Crippen LogP contribution in [0.4, 0.5) is 11.4 Å². The summed E-state index contributed by atoms with van der Waals surface area (Å²) in [7, 11) is -4.13. The summed E-state index contributed by atoms with van der Waals surface area (Å²) in [4.78, 5) is 9.81. The van der Waals surface area contributed by atoms with Crippen LogP contribution in [0, 0.1) is 10.1 Å². The van der Waals surface area contributed by atoms with Crippen molar-refractivity contribution in [2.45, 2.75) is 11.4 Å². The number of aromatic nitrogens is 2. The van der Waals surface area contributed by atoms with E-state index in [1.807, 2.05) is 30.3 Å². The molecule has 0 amide bonds. The minimum Gasteiger partial charge on any atom is -0.377 e. The minimum absolute atomic E-state index is 0.162. The van der Waals surface area contributed by atoms with Crippen LogP contribution in [0.1, 0.15) is 5.01 Å². The highest BCUT2D eigenvalue weighted by Crippen LogP contribution is 2.27. The highest BCUT2D eigenvalue weighted by Gasteiger charge is 2.19. The van der Waals surface area contributed by atoms with E-state index in [0.717, 1.165) is 16.6 Å². The number of anilines is 1. The molecule has 1 aromatic heterocycles. The van der Waals surface area contributed by atoms with Crippen LogP contribution in [0.5, 0.6) is 0 Å². The van der Waals surface area contributed by atoms with Gasteiger partial charge in [0.15, 0.2) is 0 Å². The average Bonchev–Trinajstić information content (AvgIpc) is 3.08. The van der Waals surface area contributed by atoms with Crippen molar-refractivity contribution in [2.75, 3.05) is 5.32 Å². The Kier molecular flexibility index (Phi) is 4.93. The first-order valence-electron chi connectivity index (χ1n) is 7.27. The van der Waals surface area contributed by atoms with Gasteiger partial charge >= 0.3 is 0 Å². The molecule has 3 aromatic rings. The number of non-ortho nitro benzene ring substituents is 1. The predicted molar refractivity (Wildman–Crippen MR) is 97.1 cm³/mol. The van der Waals surface area contributed by atoms with Crippen LogP contribution in [0.15, 0.2) is 53.4 Å². The van der Waals surface area contributed by atoms with Crippen molar-refractivity contribution in [1.29, 1.82) is 0 Å². The monoisotopic (exact) mass is 391 g/mol. The summed E-state index contributed by atoms with van der Waals surface area (Å²) in [6, 6.07) is 12.9. The van der Waals surface area contributed by atoms with Gasteiger partial charge in [-0.1, -0.05) is 41.7 Å². The van der Waals surface area contributed by atoms with Gasteiger partial charge in [0.05, 0.1) is 17.2 Å². The van der Waals surface area contributed by atoms with Crippen LogP contribution >= 0.6 is 11.3 Å². The van der Waals surface area contributed by atoms with Gasteiger partial charge in [0.25, 0.3) is 5.69 Å². The molecule has 2 aromatic carbocycles. The Bertz CT molecular complexity index is 1050. The zero-order valence-corrected chi connectivity index (χ0v) is 14.8. The van der Waals surface area contributed by atoms with Gasteiger partial charge < -0.3 is 5.32 Å². The van der Waals surface area contributed by atoms with Crippen LogP contribution in [-0.4, -0.2) is 23.5 Å². The molecule has 0 radical (unpaired) electrons. The molecular formula is C15H13N5O4S2. The van der Waals surface area contributed by atoms with Crippen molar-refractivity contribution in [1.82, 2.24) is 10.2 Å². The van der Waals surface area contributed by atoms with Gasteiger partial charge in [0.2, 0.25) is 10.0 Å². The molecule has 3 rings (SSSR count). The first-order chi connectivity index (χ1) is 12.3. The lowest BCUT2D eigenvalue weighted by molar-refractivity contribution is -0.385. The summed E-state index contributed by atoms with van der Waals surface area (Å²) in [5.41, 5.74) is 0.730. The second-order valence-corrected chi connectivity index (χ2v) is 7.80. The van der Waals surface area contributed by atoms with Gasteiger partial charge in [-0.3, -0.25) is 10.1 Å². The van der Waals surface area contributed by atoms with Crippen molar-refractivity contribution in [3.63, 3.8) is 0 Å². The molecule has 3 N–H and O–H groups in total. The molecule has 11 heteroatoms. The van der Waals surface area contributed by atoms with Crippen LogP contribution < -0.4 is 10.5 Å². The lowest BCUT2D eigenvalue weighted by atomic mass is 10.2. The Balaban J connectivity index is 1.82. The molecule has 1 heterocycles. The molecule has 0 bridgehead atoms. The van der Waals surface area contributed by atoms with E-state index in [-0.39, 0.29) is 22.8 Å². The van der Waals surface area contributed by atoms with E-state index >= 15 is 0 Å². The fraction of sp³-hybridized carbons (Fsp3) is 0.0667. The summed E-state index contributed by atoms with van der Waals surface area (Å²) in [5.74, 6) is 0. The standard InChI is InChI=1S/C15H13N5O4S2/c16-26(23,24)13-8-11(20(21)22)6-7-12(13)17-9-14-18-19-15(25-14)10-4-2-1-3-5-10/h1-8,17H,9H2,(H2,16,23,24). The molecule has 9 nitrogen and oxygen atoms in total. The molecule has 0 aliphatic rings. The number of hydrogen-bond acceptors (Lipinski definition) is 8. The number of nitro benzene ring substituents is 1. The number of sulfonamides is 1. The predicted octanol–water partition coefficient (Wildman–Crippen LogP) is 2.37. The first kappa shape index (κ1) is 17.9. The van der Waals surface area contributed by atoms with E-state index in [4.69, 9.17) is 5.14 Å². The normalized spacial score (nSPS) is 11.3. The number of hydrogen-bond donors (Lipinski definition) is 2. The first-order valence-corrected chi connectivity index (χ1v) is 9.64. The van der Waals surface area contributed by atoms with Crippen molar-refractivity contribution in [3.05, 3.63) is 63.7 Å². The summed E-state index contributed by atoms with van der Waals surface area (Å²) < 4.78 is 23.4. The van der Waals surface area contributed by atoms with Crippen LogP contribution in [0.3, 0.4) is 0 Å². The van der Waals surface area contributed by atoms with Gasteiger partial charge in [-0.2, -0.15) is 0 Å². The summed E-state index contributed by atoms with van der Waals surface area (Å²) >= 11 is 1.35. The topological polar surface area (TPSA) is 141 Å². The number of nitrogens with two attached hydrogens (primary N) is 1. The molecule has 0 aliphatic heterocycles. The third kappa shape index (κ3) is 4.02. The molecule has 0 saturated heterocycles. The fourth-order valence-corrected chi connectivity index (χ4v) is 3.72. The van der Waals surface area contributed by atoms with Gasteiger partial charge in [-0.25, -0.2) is 13.6 Å². The van der Waals surface area contributed by atoms with E-state index in [0.29, 0.717) is 5.01 Å². The van der Waals surface area contributed by atoms with Gasteiger partial charge in [0, 0.05) is 17.7 Å². The Morgan fingerprint density at radius 1 is 1.15 bits per heavy atom. The SMILES string of the molecule is NS(=O)(=O)c1cc([N+](=O)[O-])ccc1NCc1nnc(-c2ccccc2)s1. The third-order valence-electron chi connectivity index (χ3n) is 3.40. The van der Waals surface area contributed by atoms with Gasteiger partial charge in [0.1, 0.15) is 14.9 Å². The maximum absolute atomic E-state index is 11.7. The summed E-state index contributed by atoms with van der Waals surface area (Å²) in [6.45, 7) is 0.199. The second kappa shape index (κ2) is 7.15. The zero-order valence-electron chi connectivity index (χ0n) is 13.2. The number of nitrogens with zero attached hydrogens (tertiary/aromatic N) is 3. The molecule has 26 heavy (non-hydrogen) atoms. The summed E-state index contributed by atoms with van der Waals surface area (Å²) in [6.07, 6.45) is 0. The highest BCUT2D eigenvalue weighted by atomic mass is 32.2. The lowest BCUT2D eigenvalue weighted by Gasteiger charge is -2.09. The maximum Gasteiger partial charge on any atom is 0.270 e. The van der Waals surface area contributed by atoms with E-state index < -0.39 is 14.9 Å². The lowest BCUT2D eigenvalue weighted by Crippen LogP contribution is -2.15. The second-order valence-electron chi connectivity index (χ2n) is 5.20. The van der Waals surface area contributed by atoms with E-state index in [1.165, 1.54) is 23.5 Å². The number of nitrogens with one attached hydrogen (secondary N) is 1. The van der Waals surface area contributed by atoms with Crippen LogP contribution in [0.2, 0.25) is 0 Å². The number of rotatable bonds is 6. The zero-order chi connectivity index (χ0) is 18.7. The van der Waals surface area contributed by atoms with Crippen molar-refractivity contribution >= 4 is 32.7 Å². The molecule has 134 valence electrons. The summed E-state index contributed by atoms with van der Waals surface area (Å²) in [5, 5.41) is 28.4. The molecule has 0 atom stereocenters. The van der Waals surface area contributed by atoms with E-state index in [1.54, 1.807) is 0 Å². The molecular weight excluding hydrogens is 378 g/mol. The Labute approximate surface area is 152 Å². The molecule has 0 fully saturated rings. The van der Waals surface area contributed by atoms with Crippen LogP contribution in [0.25, 0.3) is 10.6 Å². The average molecular weight is 391 g/mol. The van der Waals surface area contributed by atoms with Crippen molar-refractivity contribution in [2.24, 2.45) is 5.14 Å². The van der Waals surface area contributed by atoms with Crippen molar-refractivity contribution in [3.8, 4) is 10.6 Å². The largest absolute Gasteiger partial charge is 0.377 e. The number of nitro groups is 1. The van der Waals surface area contributed by atoms with E-state index in [9.17, 15) is 18.5 Å². The van der Waals surface area contributed by atoms with Crippen LogP contribution in [-0.2, 0) is 16.6 Å². The van der Waals surface area contributed by atoms with Gasteiger partial charge in [-0.15, -0.1) is 10.2 Å². The highest BCUT2D eigenvalue weighted by molar-refractivity contribution is 7.89. The van der Waals surface area contributed by atoms with Crippen molar-refractivity contribution < 1.29 is 13.3 Å². The van der Waals surface area contributed by atoms with E-state index in [2.05, 4.69) is 15.5 Å². The Morgan fingerprint density at radius 2 is 1.88 bits per heavy atom. The quantitative estimate of drug-likeness (QED) is 0.485. The molecule has 0 unspecified atom stereocenters. The Morgan fingerprint density at radius 3 is 2.54 bits per heavy atom. The third-order valence-corrected chi connectivity index (χ3v) is 5.32. The minimum atomic E-state index is -4.13. The smallest absolute Gasteiger partial charge is 0.270 e.